The number of carbonyl (C=O) groups excluding carboxylic acids is 4. The van der Waals surface area contributed by atoms with Crippen molar-refractivity contribution in [2.75, 3.05) is 19.7 Å². The molecule has 0 radical (unpaired) electrons. The first kappa shape index (κ1) is 23.0. The number of Topliss-reactive ketones (excluding diaryl/α,β-unsaturated/α-hetero) is 1. The zero-order valence-electron chi connectivity index (χ0n) is 18.6. The van der Waals surface area contributed by atoms with Crippen LogP contribution in [0.2, 0.25) is 0 Å². The number of carbonyl (C=O) groups is 4. The maximum absolute atomic E-state index is 12.9. The van der Waals surface area contributed by atoms with Crippen molar-refractivity contribution in [3.63, 3.8) is 0 Å². The van der Waals surface area contributed by atoms with E-state index in [1.54, 1.807) is 6.07 Å². The van der Waals surface area contributed by atoms with E-state index in [0.29, 0.717) is 35.6 Å². The van der Waals surface area contributed by atoms with Crippen LogP contribution in [0, 0.1) is 23.2 Å². The van der Waals surface area contributed by atoms with E-state index in [1.165, 1.54) is 37.5 Å². The number of thiophene rings is 1. The van der Waals surface area contributed by atoms with Crippen molar-refractivity contribution in [3.8, 4) is 0 Å². The lowest BCUT2D eigenvalue weighted by Crippen LogP contribution is -2.53. The van der Waals surface area contributed by atoms with Crippen LogP contribution in [0.5, 0.6) is 0 Å². The third-order valence-corrected chi connectivity index (χ3v) is 8.37. The van der Waals surface area contributed by atoms with Crippen LogP contribution in [0.25, 0.3) is 0 Å². The molecule has 4 fully saturated rings. The minimum atomic E-state index is -0.480. The minimum absolute atomic E-state index is 0.0673. The van der Waals surface area contributed by atoms with Crippen LogP contribution in [0.1, 0.15) is 66.4 Å². The zero-order valence-corrected chi connectivity index (χ0v) is 19.4. The highest BCUT2D eigenvalue weighted by atomic mass is 32.1. The first-order valence-corrected chi connectivity index (χ1v) is 12.4. The first-order valence-electron chi connectivity index (χ1n) is 11.6. The average Bonchev–Trinajstić information content (AvgIpc) is 3.19. The van der Waals surface area contributed by atoms with Crippen LogP contribution in [0.4, 0.5) is 0 Å². The number of rotatable bonds is 10. The summed E-state index contributed by atoms with van der Waals surface area (Å²) in [5.41, 5.74) is -0.217. The molecule has 1 aromatic rings. The van der Waals surface area contributed by atoms with E-state index >= 15 is 0 Å². The van der Waals surface area contributed by atoms with Gasteiger partial charge in [0, 0.05) is 30.3 Å². The van der Waals surface area contributed by atoms with E-state index in [9.17, 15) is 19.2 Å². The van der Waals surface area contributed by atoms with Gasteiger partial charge in [0.2, 0.25) is 17.6 Å². The lowest BCUT2D eigenvalue weighted by atomic mass is 9.49. The molecule has 4 aliphatic carbocycles. The Bertz CT molecular complexity index is 857. The Morgan fingerprint density at radius 3 is 2.28 bits per heavy atom. The van der Waals surface area contributed by atoms with E-state index in [-0.39, 0.29) is 42.6 Å². The van der Waals surface area contributed by atoms with Gasteiger partial charge in [-0.05, 0) is 74.8 Å². The average molecular weight is 461 g/mol. The number of hydrogen-bond donors (Lipinski definition) is 2. The molecule has 7 nitrogen and oxygen atoms in total. The number of nitrogens with one attached hydrogen (secondary N) is 2. The molecular weight excluding hydrogens is 428 g/mol. The van der Waals surface area contributed by atoms with Crippen molar-refractivity contribution in [2.24, 2.45) is 23.2 Å². The van der Waals surface area contributed by atoms with Crippen molar-refractivity contribution in [1.82, 2.24) is 10.6 Å². The Balaban J connectivity index is 1.15. The minimum Gasteiger partial charge on any atom is -0.457 e. The van der Waals surface area contributed by atoms with Crippen molar-refractivity contribution in [1.29, 1.82) is 0 Å². The van der Waals surface area contributed by atoms with Crippen LogP contribution >= 0.6 is 11.3 Å². The highest BCUT2D eigenvalue weighted by molar-refractivity contribution is 7.14. The fourth-order valence-electron chi connectivity index (χ4n) is 6.17. The van der Waals surface area contributed by atoms with Gasteiger partial charge in [-0.15, -0.1) is 11.3 Å². The fourth-order valence-corrected chi connectivity index (χ4v) is 7.10. The highest BCUT2D eigenvalue weighted by Gasteiger charge is 2.54. The summed E-state index contributed by atoms with van der Waals surface area (Å²) < 4.78 is 5.12. The van der Waals surface area contributed by atoms with E-state index < -0.39 is 5.97 Å². The van der Waals surface area contributed by atoms with Crippen LogP contribution < -0.4 is 10.6 Å². The van der Waals surface area contributed by atoms with E-state index in [0.717, 1.165) is 24.1 Å². The molecule has 4 aliphatic rings. The number of amides is 2. The van der Waals surface area contributed by atoms with Gasteiger partial charge < -0.3 is 15.4 Å². The van der Waals surface area contributed by atoms with Gasteiger partial charge in [-0.3, -0.25) is 19.2 Å². The van der Waals surface area contributed by atoms with E-state index in [1.807, 2.05) is 6.07 Å². The molecule has 4 saturated carbocycles. The predicted molar refractivity (Wildman–Crippen MR) is 120 cm³/mol. The molecular formula is C24H32N2O5S. The van der Waals surface area contributed by atoms with Crippen molar-refractivity contribution in [2.45, 2.75) is 58.3 Å². The normalized spacial score (nSPS) is 27.7. The Kier molecular flexibility index (Phi) is 6.98. The van der Waals surface area contributed by atoms with Gasteiger partial charge in [0.25, 0.3) is 0 Å². The molecule has 0 unspecified atom stereocenters. The van der Waals surface area contributed by atoms with Crippen LogP contribution in [-0.4, -0.2) is 43.3 Å². The molecule has 5 rings (SSSR count). The standard InChI is InChI=1S/C24H32N2O5S/c1-15(27)25-6-4-19-2-3-21(32-19)20(28)14-31-22(29)5-7-26-23(30)24-11-16-8-17(12-24)10-18(9-16)13-24/h2-3,16-18H,4-14H2,1H3,(H,25,27)(H,26,30). The van der Waals surface area contributed by atoms with Crippen LogP contribution in [0.3, 0.4) is 0 Å². The summed E-state index contributed by atoms with van der Waals surface area (Å²) in [6.07, 6.45) is 7.57. The molecule has 32 heavy (non-hydrogen) atoms. The number of hydrogen-bond acceptors (Lipinski definition) is 6. The second kappa shape index (κ2) is 9.73. The van der Waals surface area contributed by atoms with Gasteiger partial charge in [-0.1, -0.05) is 0 Å². The monoisotopic (exact) mass is 460 g/mol. The van der Waals surface area contributed by atoms with Gasteiger partial charge in [0.1, 0.15) is 0 Å². The number of esters is 1. The highest BCUT2D eigenvalue weighted by Crippen LogP contribution is 2.60. The van der Waals surface area contributed by atoms with Crippen LogP contribution in [-0.2, 0) is 25.5 Å². The Morgan fingerprint density at radius 1 is 1.00 bits per heavy atom. The third kappa shape index (κ3) is 5.39. The molecule has 2 amide bonds. The number of ketones is 1. The van der Waals surface area contributed by atoms with Gasteiger partial charge in [0.05, 0.1) is 11.3 Å². The molecule has 0 spiro atoms. The fraction of sp³-hybridized carbons (Fsp3) is 0.667. The summed E-state index contributed by atoms with van der Waals surface area (Å²) >= 11 is 1.34. The molecule has 174 valence electrons. The summed E-state index contributed by atoms with van der Waals surface area (Å²) in [7, 11) is 0. The largest absolute Gasteiger partial charge is 0.457 e. The SMILES string of the molecule is CC(=O)NCCc1ccc(C(=O)COC(=O)CCNC(=O)C23CC4CC(CC(C4)C2)C3)s1. The van der Waals surface area contributed by atoms with Crippen molar-refractivity contribution in [3.05, 3.63) is 21.9 Å². The molecule has 0 atom stereocenters. The van der Waals surface area contributed by atoms with Gasteiger partial charge in [0.15, 0.2) is 6.61 Å². The summed E-state index contributed by atoms with van der Waals surface area (Å²) in [5, 5.41) is 5.69. The summed E-state index contributed by atoms with van der Waals surface area (Å²) in [6.45, 7) is 1.94. The Hall–Kier alpha value is -2.22. The Labute approximate surface area is 192 Å². The predicted octanol–water partition coefficient (Wildman–Crippen LogP) is 2.88. The quantitative estimate of drug-likeness (QED) is 0.413. The maximum atomic E-state index is 12.9. The Morgan fingerprint density at radius 2 is 1.66 bits per heavy atom. The third-order valence-electron chi connectivity index (χ3n) is 7.18. The smallest absolute Gasteiger partial charge is 0.308 e. The van der Waals surface area contributed by atoms with Crippen LogP contribution in [0.15, 0.2) is 12.1 Å². The first-order chi connectivity index (χ1) is 15.3. The van der Waals surface area contributed by atoms with Gasteiger partial charge in [-0.2, -0.15) is 0 Å². The second-order valence-corrected chi connectivity index (χ2v) is 11.0. The van der Waals surface area contributed by atoms with Gasteiger partial charge >= 0.3 is 5.97 Å². The molecule has 4 bridgehead atoms. The topological polar surface area (TPSA) is 102 Å². The molecule has 0 aliphatic heterocycles. The maximum Gasteiger partial charge on any atom is 0.308 e. The molecule has 2 N–H and O–H groups in total. The molecule has 1 heterocycles. The van der Waals surface area contributed by atoms with Crippen molar-refractivity contribution >= 4 is 34.9 Å². The lowest BCUT2D eigenvalue weighted by Gasteiger charge is -2.55. The zero-order chi connectivity index (χ0) is 22.7. The summed E-state index contributed by atoms with van der Waals surface area (Å²) in [4.78, 5) is 49.7. The van der Waals surface area contributed by atoms with Gasteiger partial charge in [-0.25, -0.2) is 0 Å². The summed E-state index contributed by atoms with van der Waals surface area (Å²) in [5.74, 6) is 1.39. The summed E-state index contributed by atoms with van der Waals surface area (Å²) in [6, 6.07) is 3.57. The van der Waals surface area contributed by atoms with E-state index in [2.05, 4.69) is 10.6 Å². The van der Waals surface area contributed by atoms with E-state index in [4.69, 9.17) is 4.74 Å². The second-order valence-electron chi connectivity index (χ2n) is 9.79. The van der Waals surface area contributed by atoms with Crippen molar-refractivity contribution < 1.29 is 23.9 Å². The molecule has 0 saturated heterocycles. The lowest BCUT2D eigenvalue weighted by molar-refractivity contribution is -0.147. The molecule has 0 aromatic carbocycles. The number of ether oxygens (including phenoxy) is 1. The molecule has 1 aromatic heterocycles. The molecule has 8 heteroatoms.